The second-order valence-corrected chi connectivity index (χ2v) is 7.16. The summed E-state index contributed by atoms with van der Waals surface area (Å²) in [5, 5.41) is 0. The Kier molecular flexibility index (Phi) is 3.03. The molecule has 102 valence electrons. The Morgan fingerprint density at radius 3 is 3.00 bits per heavy atom. The highest BCUT2D eigenvalue weighted by Crippen LogP contribution is 2.41. The van der Waals surface area contributed by atoms with Gasteiger partial charge in [0, 0.05) is 36.3 Å². The molecule has 0 N–H and O–H groups in total. The minimum Gasteiger partial charge on any atom is -0.370 e. The summed E-state index contributed by atoms with van der Waals surface area (Å²) < 4.78 is 1.08. The molecule has 0 unspecified atom stereocenters. The Morgan fingerprint density at radius 2 is 2.11 bits per heavy atom. The molecule has 1 aromatic rings. The van der Waals surface area contributed by atoms with E-state index in [2.05, 4.69) is 36.8 Å². The molecule has 1 aromatic heterocycles. The number of rotatable bonds is 1. The largest absolute Gasteiger partial charge is 0.370 e. The van der Waals surface area contributed by atoms with Gasteiger partial charge in [-0.05, 0) is 53.2 Å². The van der Waals surface area contributed by atoms with Gasteiger partial charge >= 0.3 is 0 Å². The zero-order valence-corrected chi connectivity index (χ0v) is 12.7. The van der Waals surface area contributed by atoms with E-state index < -0.39 is 0 Å². The first-order valence-electron chi connectivity index (χ1n) is 7.41. The summed E-state index contributed by atoms with van der Waals surface area (Å²) in [7, 11) is 0. The van der Waals surface area contributed by atoms with E-state index in [0.717, 1.165) is 22.4 Å². The summed E-state index contributed by atoms with van der Waals surface area (Å²) >= 11 is 3.53. The van der Waals surface area contributed by atoms with Gasteiger partial charge in [-0.2, -0.15) is 0 Å². The van der Waals surface area contributed by atoms with Crippen LogP contribution in [0, 0.1) is 11.8 Å². The lowest BCUT2D eigenvalue weighted by Crippen LogP contribution is -2.39. The number of nitrogens with zero attached hydrogens (tertiary/aromatic N) is 3. The summed E-state index contributed by atoms with van der Waals surface area (Å²) in [5.41, 5.74) is 1.28. The number of aromatic nitrogens is 1. The SMILES string of the molecule is Brc1cncc(N2C[C@@H]3CN4CCCC[C@@H]4[C@H]3C2)c1. The molecule has 4 heteroatoms. The predicted octanol–water partition coefficient (Wildman–Crippen LogP) is 2.76. The van der Waals surface area contributed by atoms with Crippen molar-refractivity contribution in [2.75, 3.05) is 31.1 Å². The Bertz CT molecular complexity index is 478. The van der Waals surface area contributed by atoms with Crippen molar-refractivity contribution in [3.8, 4) is 0 Å². The molecule has 3 nitrogen and oxygen atoms in total. The topological polar surface area (TPSA) is 19.4 Å². The molecule has 4 heterocycles. The molecule has 0 aliphatic carbocycles. The predicted molar refractivity (Wildman–Crippen MR) is 80.3 cm³/mol. The van der Waals surface area contributed by atoms with Crippen LogP contribution in [-0.2, 0) is 0 Å². The second kappa shape index (κ2) is 4.74. The average molecular weight is 322 g/mol. The average Bonchev–Trinajstić information content (AvgIpc) is 2.96. The third kappa shape index (κ3) is 2.09. The van der Waals surface area contributed by atoms with Gasteiger partial charge in [0.25, 0.3) is 0 Å². The zero-order chi connectivity index (χ0) is 12.8. The van der Waals surface area contributed by atoms with Gasteiger partial charge in [-0.1, -0.05) is 6.42 Å². The van der Waals surface area contributed by atoms with Crippen molar-refractivity contribution in [1.82, 2.24) is 9.88 Å². The van der Waals surface area contributed by atoms with Crippen LogP contribution in [0.2, 0.25) is 0 Å². The van der Waals surface area contributed by atoms with E-state index in [9.17, 15) is 0 Å². The number of piperidine rings is 1. The van der Waals surface area contributed by atoms with E-state index in [1.54, 1.807) is 0 Å². The number of hydrogen-bond acceptors (Lipinski definition) is 3. The van der Waals surface area contributed by atoms with Crippen molar-refractivity contribution < 1.29 is 0 Å². The molecule has 0 saturated carbocycles. The molecule has 3 aliphatic heterocycles. The van der Waals surface area contributed by atoms with Crippen LogP contribution in [0.1, 0.15) is 19.3 Å². The fraction of sp³-hybridized carbons (Fsp3) is 0.667. The van der Waals surface area contributed by atoms with E-state index in [4.69, 9.17) is 0 Å². The molecule has 0 radical (unpaired) electrons. The van der Waals surface area contributed by atoms with Gasteiger partial charge < -0.3 is 4.90 Å². The van der Waals surface area contributed by atoms with Crippen LogP contribution in [0.4, 0.5) is 5.69 Å². The monoisotopic (exact) mass is 321 g/mol. The molecule has 0 amide bonds. The molecule has 4 rings (SSSR count). The maximum atomic E-state index is 4.31. The molecule has 3 saturated heterocycles. The van der Waals surface area contributed by atoms with E-state index in [0.29, 0.717) is 0 Å². The smallest absolute Gasteiger partial charge is 0.0564 e. The molecule has 0 aromatic carbocycles. The van der Waals surface area contributed by atoms with Gasteiger partial charge in [0.05, 0.1) is 11.9 Å². The third-order valence-electron chi connectivity index (χ3n) is 5.17. The minimum atomic E-state index is 0.865. The van der Waals surface area contributed by atoms with Crippen LogP contribution in [0.15, 0.2) is 22.9 Å². The lowest BCUT2D eigenvalue weighted by molar-refractivity contribution is 0.173. The summed E-state index contributed by atoms with van der Waals surface area (Å²) in [6.45, 7) is 5.11. The van der Waals surface area contributed by atoms with Crippen molar-refractivity contribution in [1.29, 1.82) is 0 Å². The third-order valence-corrected chi connectivity index (χ3v) is 5.61. The lowest BCUT2D eigenvalue weighted by atomic mass is 9.90. The van der Waals surface area contributed by atoms with Gasteiger partial charge in [0.15, 0.2) is 0 Å². The minimum absolute atomic E-state index is 0.865. The standard InChI is InChI=1S/C15H20BrN3/c16-12-5-13(7-17-6-12)19-9-11-8-18-4-2-1-3-15(18)14(11)10-19/h5-7,11,14-15H,1-4,8-10H2/t11-,14-,15+/m0/s1. The van der Waals surface area contributed by atoms with E-state index in [1.165, 1.54) is 51.1 Å². The number of anilines is 1. The summed E-state index contributed by atoms with van der Waals surface area (Å²) in [5.74, 6) is 1.77. The molecular weight excluding hydrogens is 302 g/mol. The van der Waals surface area contributed by atoms with Gasteiger partial charge in [-0.15, -0.1) is 0 Å². The Labute approximate surface area is 123 Å². The number of pyridine rings is 1. The first-order valence-corrected chi connectivity index (χ1v) is 8.20. The summed E-state index contributed by atoms with van der Waals surface area (Å²) in [6.07, 6.45) is 8.14. The first kappa shape index (κ1) is 12.2. The van der Waals surface area contributed by atoms with E-state index >= 15 is 0 Å². The Balaban J connectivity index is 1.52. The lowest BCUT2D eigenvalue weighted by Gasteiger charge is -2.33. The van der Waals surface area contributed by atoms with E-state index in [-0.39, 0.29) is 0 Å². The molecule has 0 bridgehead atoms. The number of hydrogen-bond donors (Lipinski definition) is 0. The first-order chi connectivity index (χ1) is 9.31. The zero-order valence-electron chi connectivity index (χ0n) is 11.1. The normalized spacial score (nSPS) is 34.4. The van der Waals surface area contributed by atoms with Gasteiger partial charge in [-0.3, -0.25) is 9.88 Å². The van der Waals surface area contributed by atoms with Gasteiger partial charge in [0.1, 0.15) is 0 Å². The highest BCUT2D eigenvalue weighted by atomic mass is 79.9. The number of halogens is 1. The highest BCUT2D eigenvalue weighted by molar-refractivity contribution is 9.10. The molecule has 19 heavy (non-hydrogen) atoms. The quantitative estimate of drug-likeness (QED) is 0.793. The van der Waals surface area contributed by atoms with Crippen LogP contribution in [0.3, 0.4) is 0 Å². The van der Waals surface area contributed by atoms with Gasteiger partial charge in [0.2, 0.25) is 0 Å². The van der Waals surface area contributed by atoms with Crippen molar-refractivity contribution in [2.24, 2.45) is 11.8 Å². The van der Waals surface area contributed by atoms with Crippen LogP contribution >= 0.6 is 15.9 Å². The molecule has 3 atom stereocenters. The van der Waals surface area contributed by atoms with Crippen LogP contribution in [0.5, 0.6) is 0 Å². The van der Waals surface area contributed by atoms with Crippen molar-refractivity contribution in [3.63, 3.8) is 0 Å². The Morgan fingerprint density at radius 1 is 1.16 bits per heavy atom. The van der Waals surface area contributed by atoms with Crippen LogP contribution < -0.4 is 4.90 Å². The second-order valence-electron chi connectivity index (χ2n) is 6.25. The van der Waals surface area contributed by atoms with Crippen molar-refractivity contribution in [2.45, 2.75) is 25.3 Å². The Hall–Kier alpha value is -0.610. The van der Waals surface area contributed by atoms with Crippen molar-refractivity contribution >= 4 is 21.6 Å². The molecule has 3 aliphatic rings. The van der Waals surface area contributed by atoms with E-state index in [1.807, 2.05) is 12.4 Å². The molecule has 3 fully saturated rings. The fourth-order valence-electron chi connectivity index (χ4n) is 4.34. The maximum absolute atomic E-state index is 4.31. The van der Waals surface area contributed by atoms with Crippen LogP contribution in [-0.4, -0.2) is 42.1 Å². The van der Waals surface area contributed by atoms with Gasteiger partial charge in [-0.25, -0.2) is 0 Å². The highest BCUT2D eigenvalue weighted by Gasteiger charge is 2.47. The van der Waals surface area contributed by atoms with Crippen LogP contribution in [0.25, 0.3) is 0 Å². The summed E-state index contributed by atoms with van der Waals surface area (Å²) in [4.78, 5) is 9.61. The molecule has 0 spiro atoms. The fourth-order valence-corrected chi connectivity index (χ4v) is 4.69. The van der Waals surface area contributed by atoms with Crippen molar-refractivity contribution in [3.05, 3.63) is 22.9 Å². The maximum Gasteiger partial charge on any atom is 0.0564 e. The molecular formula is C15H20BrN3. The number of fused-ring (bicyclic) bond motifs is 3. The summed E-state index contributed by atoms with van der Waals surface area (Å²) in [6, 6.07) is 3.07.